The van der Waals surface area contributed by atoms with Crippen LogP contribution in [-0.4, -0.2) is 156 Å². The molecule has 2 rings (SSSR count). The van der Waals surface area contributed by atoms with Crippen LogP contribution in [-0.2, 0) is 59.2 Å². The van der Waals surface area contributed by atoms with E-state index in [0.29, 0.717) is 42.9 Å². The molecule has 67 heavy (non-hydrogen) atoms. The third-order valence-corrected chi connectivity index (χ3v) is 13.1. The Morgan fingerprint density at radius 3 is 1.39 bits per heavy atom. The molecule has 6 atom stereocenters. The van der Waals surface area contributed by atoms with Gasteiger partial charge in [-0.2, -0.15) is 15.4 Å². The number of nitrogens with one attached hydrogen (secondary N) is 7. The lowest BCUT2D eigenvalue weighted by atomic mass is 10.1. The number of halogens is 3. The predicted molar refractivity (Wildman–Crippen MR) is 239 cm³/mol. The molecule has 0 aliphatic heterocycles. The number of carboxylic acid groups (broad SMARTS) is 4. The molecule has 0 radical (unpaired) electrons. The van der Waals surface area contributed by atoms with E-state index in [4.69, 9.17) is 16.6 Å². The van der Waals surface area contributed by atoms with Crippen LogP contribution < -0.4 is 43.4 Å². The number of amides is 7. The van der Waals surface area contributed by atoms with E-state index in [2.05, 4.69) is 95.1 Å². The minimum Gasteiger partial charge on any atom is -0.481 e. The number of aromatic nitrogens is 3. The molecule has 370 valence electrons. The van der Waals surface area contributed by atoms with Gasteiger partial charge in [-0.15, -0.1) is 0 Å². The zero-order valence-electron chi connectivity index (χ0n) is 35.3. The molecule has 0 bridgehead atoms. The Morgan fingerprint density at radius 1 is 0.537 bits per heavy atom. The SMILES string of the molecule is NC(=O)C(CCC(=O)O)NC(=O)C(CCC(=O)O)NC(=O)C(CCC(=O)O)NC(=O)C(CO)NC(=O)C(CCC(=O)O)NC(=O)[C@@H](N)CCCCNC(=O)Cc1c(Br)c(Br)c(Br)c2n[nH]nc12. The van der Waals surface area contributed by atoms with Crippen LogP contribution in [0.3, 0.4) is 0 Å². The zero-order chi connectivity index (χ0) is 50.5. The van der Waals surface area contributed by atoms with Gasteiger partial charge >= 0.3 is 23.9 Å². The molecule has 0 aliphatic rings. The number of H-pyrrole nitrogens is 1. The largest absolute Gasteiger partial charge is 0.481 e. The van der Waals surface area contributed by atoms with Gasteiger partial charge in [-0.05, 0) is 92.7 Å². The van der Waals surface area contributed by atoms with Crippen molar-refractivity contribution in [3.05, 3.63) is 19.0 Å². The summed E-state index contributed by atoms with van der Waals surface area (Å²) in [5, 5.41) is 71.1. The highest BCUT2D eigenvalue weighted by molar-refractivity contribution is 9.14. The third-order valence-electron chi connectivity index (χ3n) is 9.59. The molecule has 0 saturated heterocycles. The van der Waals surface area contributed by atoms with Crippen LogP contribution in [0.4, 0.5) is 0 Å². The normalized spacial score (nSPS) is 13.7. The predicted octanol–water partition coefficient (Wildman–Crippen LogP) is -2.24. The lowest BCUT2D eigenvalue weighted by molar-refractivity contribution is -0.140. The fraction of sp³-hybridized carbons (Fsp3) is 0.541. The molecule has 7 amide bonds. The van der Waals surface area contributed by atoms with Gasteiger partial charge in [0.05, 0.1) is 23.5 Å². The molecule has 0 aliphatic carbocycles. The number of benzene rings is 1. The van der Waals surface area contributed by atoms with Gasteiger partial charge in [-0.1, -0.05) is 0 Å². The molecule has 2 aromatic rings. The van der Waals surface area contributed by atoms with Crippen molar-refractivity contribution in [2.75, 3.05) is 13.2 Å². The van der Waals surface area contributed by atoms with Crippen molar-refractivity contribution < 1.29 is 78.3 Å². The van der Waals surface area contributed by atoms with E-state index in [-0.39, 0.29) is 25.3 Å². The summed E-state index contributed by atoms with van der Waals surface area (Å²) in [6.45, 7) is -0.955. The van der Waals surface area contributed by atoms with E-state index in [1.165, 1.54) is 0 Å². The first kappa shape index (κ1) is 57.3. The van der Waals surface area contributed by atoms with E-state index in [1.54, 1.807) is 0 Å². The highest BCUT2D eigenvalue weighted by atomic mass is 79.9. The van der Waals surface area contributed by atoms with E-state index >= 15 is 0 Å². The standard InChI is InChI=1S/C37H50Br3N11O16/c38-27-15(30-31(50-51-49-30)29(40)28(27)39)13-22(53)43-12-2-1-3-16(41)33(63)45-18(5-9-24(56)57)36(66)48-21(14-52)37(67)47-20(7-11-26(60)61)35(65)46-19(6-10-25(58)59)34(64)44-17(32(42)62)4-8-23(54)55/h16-21,52H,1-14,41H2,(H2,42,62)(H,43,53)(H,44,64)(H,45,63)(H,46,65)(H,47,67)(H,48,66)(H,54,55)(H,56,57)(H,58,59)(H,60,61)(H,49,50,51)/t16-,17?,18?,19?,20?,21?/m0/s1. The number of nitrogens with two attached hydrogens (primary N) is 2. The number of aliphatic hydroxyl groups excluding tert-OH is 1. The second kappa shape index (κ2) is 28.4. The van der Waals surface area contributed by atoms with E-state index < -0.39 is 154 Å². The van der Waals surface area contributed by atoms with Crippen molar-refractivity contribution in [3.63, 3.8) is 0 Å². The third kappa shape index (κ3) is 19.5. The Kier molecular flexibility index (Phi) is 24.2. The Bertz CT molecular complexity index is 2180. The lowest BCUT2D eigenvalue weighted by Crippen LogP contribution is -2.60. The molecule has 1 aromatic carbocycles. The van der Waals surface area contributed by atoms with Crippen molar-refractivity contribution >= 4 is 124 Å². The first-order chi connectivity index (χ1) is 31.5. The monoisotopic (exact) mass is 1140 g/mol. The molecule has 5 unspecified atom stereocenters. The lowest BCUT2D eigenvalue weighted by Gasteiger charge is -2.26. The maximum atomic E-state index is 13.4. The smallest absolute Gasteiger partial charge is 0.303 e. The Balaban J connectivity index is 2.09. The maximum Gasteiger partial charge on any atom is 0.303 e. The second-order valence-electron chi connectivity index (χ2n) is 14.7. The fourth-order valence-electron chi connectivity index (χ4n) is 5.99. The van der Waals surface area contributed by atoms with Crippen molar-refractivity contribution in [2.24, 2.45) is 11.5 Å². The van der Waals surface area contributed by atoms with Gasteiger partial charge in [0.15, 0.2) is 0 Å². The van der Waals surface area contributed by atoms with Gasteiger partial charge in [0.25, 0.3) is 0 Å². The highest BCUT2D eigenvalue weighted by Crippen LogP contribution is 2.39. The number of aliphatic carboxylic acids is 4. The van der Waals surface area contributed by atoms with Crippen LogP contribution in [0.2, 0.25) is 0 Å². The number of carboxylic acids is 4. The number of fused-ring (bicyclic) bond motifs is 1. The number of hydrogen-bond acceptors (Lipinski definition) is 15. The molecular formula is C37H50Br3N11O16. The summed E-state index contributed by atoms with van der Waals surface area (Å²) in [4.78, 5) is 136. The van der Waals surface area contributed by atoms with Gasteiger partial charge in [0.2, 0.25) is 41.4 Å². The summed E-state index contributed by atoms with van der Waals surface area (Å²) < 4.78 is 1.87. The summed E-state index contributed by atoms with van der Waals surface area (Å²) in [7, 11) is 0. The number of primary amides is 1. The first-order valence-corrected chi connectivity index (χ1v) is 22.5. The van der Waals surface area contributed by atoms with Crippen LogP contribution >= 0.6 is 47.8 Å². The van der Waals surface area contributed by atoms with Gasteiger partial charge in [0, 0.05) is 46.7 Å². The van der Waals surface area contributed by atoms with Crippen LogP contribution in [0, 0.1) is 0 Å². The van der Waals surface area contributed by atoms with Crippen LogP contribution in [0.25, 0.3) is 11.0 Å². The van der Waals surface area contributed by atoms with Crippen molar-refractivity contribution in [1.82, 2.24) is 47.3 Å². The number of aliphatic hydroxyl groups is 1. The average Bonchev–Trinajstić information content (AvgIpc) is 3.75. The molecule has 0 fully saturated rings. The molecule has 0 spiro atoms. The molecule has 1 heterocycles. The number of carbonyl (C=O) groups is 11. The molecular weight excluding hydrogens is 1090 g/mol. The Labute approximate surface area is 404 Å². The zero-order valence-corrected chi connectivity index (χ0v) is 40.0. The number of nitrogens with zero attached hydrogens (tertiary/aromatic N) is 2. The van der Waals surface area contributed by atoms with Gasteiger partial charge in [-0.25, -0.2) is 0 Å². The summed E-state index contributed by atoms with van der Waals surface area (Å²) in [5.41, 5.74) is 12.9. The van der Waals surface area contributed by atoms with Crippen molar-refractivity contribution in [1.29, 1.82) is 0 Å². The summed E-state index contributed by atoms with van der Waals surface area (Å²) in [5.74, 6) is -12.9. The number of carbonyl (C=O) groups excluding carboxylic acids is 7. The quantitative estimate of drug-likeness (QED) is 0.0280. The second-order valence-corrected chi connectivity index (χ2v) is 17.1. The summed E-state index contributed by atoms with van der Waals surface area (Å²) in [6, 6.07) is -9.93. The number of rotatable bonds is 31. The van der Waals surface area contributed by atoms with E-state index in [0.717, 1.165) is 0 Å². The first-order valence-electron chi connectivity index (χ1n) is 20.1. The molecule has 1 aromatic heterocycles. The topological polar surface area (TPSA) is 455 Å². The van der Waals surface area contributed by atoms with Crippen molar-refractivity contribution in [3.8, 4) is 0 Å². The van der Waals surface area contributed by atoms with Crippen LogP contribution in [0.5, 0.6) is 0 Å². The van der Waals surface area contributed by atoms with E-state index in [9.17, 15) is 73.2 Å². The highest BCUT2D eigenvalue weighted by Gasteiger charge is 2.33. The van der Waals surface area contributed by atoms with E-state index in [1.807, 2.05) is 0 Å². The Morgan fingerprint density at radius 2 is 0.940 bits per heavy atom. The molecule has 27 nitrogen and oxygen atoms in total. The van der Waals surface area contributed by atoms with Crippen LogP contribution in [0.1, 0.15) is 76.2 Å². The fourth-order valence-corrected chi connectivity index (χ4v) is 7.68. The van der Waals surface area contributed by atoms with Crippen molar-refractivity contribution in [2.45, 2.75) is 113 Å². The summed E-state index contributed by atoms with van der Waals surface area (Å²) in [6.07, 6.45) is -4.35. The number of unbranched alkanes of at least 4 members (excludes halogenated alkanes) is 1. The minimum atomic E-state index is -1.91. The maximum absolute atomic E-state index is 13.4. The Hall–Kier alpha value is -5.85. The number of hydrogen-bond donors (Lipinski definition) is 14. The molecule has 16 N–H and O–H groups in total. The van der Waals surface area contributed by atoms with Gasteiger partial charge in [-0.3, -0.25) is 52.7 Å². The minimum absolute atomic E-state index is 0.0472. The van der Waals surface area contributed by atoms with Gasteiger partial charge in [0.1, 0.15) is 41.2 Å². The summed E-state index contributed by atoms with van der Waals surface area (Å²) >= 11 is 10.3. The molecule has 0 saturated carbocycles. The molecule has 30 heteroatoms. The van der Waals surface area contributed by atoms with Gasteiger partial charge < -0.3 is 68.9 Å². The average molecular weight is 1140 g/mol. The number of aromatic amines is 1. The van der Waals surface area contributed by atoms with Crippen LogP contribution in [0.15, 0.2) is 13.4 Å².